The zero-order chi connectivity index (χ0) is 18.6. The van der Waals surface area contributed by atoms with E-state index in [0.29, 0.717) is 13.0 Å². The Morgan fingerprint density at radius 3 is 2.74 bits per heavy atom. The number of imidazole rings is 1. The SMILES string of the molecule is Cc1nc2cnccn2c1NCCC(=O)N1CCN(C2CCCCC2)CC1. The van der Waals surface area contributed by atoms with Gasteiger partial charge in [0, 0.05) is 57.6 Å². The Balaban J connectivity index is 1.24. The van der Waals surface area contributed by atoms with Crippen molar-refractivity contribution >= 4 is 17.4 Å². The fourth-order valence-corrected chi connectivity index (χ4v) is 4.47. The van der Waals surface area contributed by atoms with Gasteiger partial charge in [-0.15, -0.1) is 0 Å². The second-order valence-electron chi connectivity index (χ2n) is 7.74. The lowest BCUT2D eigenvalue weighted by atomic mass is 9.94. The summed E-state index contributed by atoms with van der Waals surface area (Å²) in [4.78, 5) is 25.8. The molecule has 0 bridgehead atoms. The molecule has 1 amide bonds. The van der Waals surface area contributed by atoms with E-state index in [4.69, 9.17) is 0 Å². The van der Waals surface area contributed by atoms with Gasteiger partial charge in [-0.25, -0.2) is 4.98 Å². The van der Waals surface area contributed by atoms with Crippen LogP contribution in [0.25, 0.3) is 5.65 Å². The van der Waals surface area contributed by atoms with Gasteiger partial charge in [-0.2, -0.15) is 0 Å². The molecule has 146 valence electrons. The number of piperazine rings is 1. The first-order valence-electron chi connectivity index (χ1n) is 10.3. The van der Waals surface area contributed by atoms with Crippen LogP contribution in [-0.4, -0.2) is 68.8 Å². The predicted octanol–water partition coefficient (Wildman–Crippen LogP) is 2.32. The van der Waals surface area contributed by atoms with Crippen molar-refractivity contribution < 1.29 is 4.79 Å². The van der Waals surface area contributed by atoms with Crippen LogP contribution in [0.1, 0.15) is 44.2 Å². The van der Waals surface area contributed by atoms with Crippen molar-refractivity contribution in [3.63, 3.8) is 0 Å². The quantitative estimate of drug-likeness (QED) is 0.875. The third kappa shape index (κ3) is 4.08. The first-order valence-corrected chi connectivity index (χ1v) is 10.3. The molecule has 2 aromatic heterocycles. The molecule has 0 spiro atoms. The Hall–Kier alpha value is -2.15. The summed E-state index contributed by atoms with van der Waals surface area (Å²) in [6, 6.07) is 0.755. The fourth-order valence-electron chi connectivity index (χ4n) is 4.47. The molecule has 1 aliphatic carbocycles. The molecule has 0 unspecified atom stereocenters. The van der Waals surface area contributed by atoms with Crippen LogP contribution < -0.4 is 5.32 Å². The highest BCUT2D eigenvalue weighted by atomic mass is 16.2. The number of amides is 1. The third-order valence-electron chi connectivity index (χ3n) is 5.99. The lowest BCUT2D eigenvalue weighted by molar-refractivity contribution is -0.133. The Bertz CT molecular complexity index is 774. The van der Waals surface area contributed by atoms with E-state index in [1.807, 2.05) is 22.4 Å². The average Bonchev–Trinajstić information content (AvgIpc) is 3.04. The van der Waals surface area contributed by atoms with E-state index < -0.39 is 0 Å². The van der Waals surface area contributed by atoms with Crippen molar-refractivity contribution in [2.24, 2.45) is 0 Å². The zero-order valence-electron chi connectivity index (χ0n) is 16.2. The van der Waals surface area contributed by atoms with Gasteiger partial charge < -0.3 is 10.2 Å². The van der Waals surface area contributed by atoms with Crippen LogP contribution in [0.15, 0.2) is 18.6 Å². The summed E-state index contributed by atoms with van der Waals surface area (Å²) < 4.78 is 1.98. The first-order chi connectivity index (χ1) is 13.2. The van der Waals surface area contributed by atoms with Crippen molar-refractivity contribution in [3.8, 4) is 0 Å². The normalized spacial score (nSPS) is 19.5. The Labute approximate surface area is 160 Å². The maximum absolute atomic E-state index is 12.6. The van der Waals surface area contributed by atoms with Gasteiger partial charge in [-0.05, 0) is 19.8 Å². The molecule has 2 aromatic rings. The smallest absolute Gasteiger partial charge is 0.224 e. The number of nitrogens with zero attached hydrogens (tertiary/aromatic N) is 5. The molecule has 0 radical (unpaired) electrons. The van der Waals surface area contributed by atoms with E-state index in [0.717, 1.165) is 49.4 Å². The molecule has 2 aliphatic rings. The molecule has 2 fully saturated rings. The fraction of sp³-hybridized carbons (Fsp3) is 0.650. The number of fused-ring (bicyclic) bond motifs is 1. The largest absolute Gasteiger partial charge is 0.369 e. The Morgan fingerprint density at radius 2 is 1.96 bits per heavy atom. The highest BCUT2D eigenvalue weighted by Crippen LogP contribution is 2.23. The minimum atomic E-state index is 0.249. The molecule has 1 N–H and O–H groups in total. The molecular formula is C20H30N6O. The molecule has 0 atom stereocenters. The van der Waals surface area contributed by atoms with E-state index in [2.05, 4.69) is 20.2 Å². The maximum atomic E-state index is 12.6. The van der Waals surface area contributed by atoms with Gasteiger partial charge in [0.2, 0.25) is 5.91 Å². The van der Waals surface area contributed by atoms with Crippen LogP contribution in [0.3, 0.4) is 0 Å². The maximum Gasteiger partial charge on any atom is 0.224 e. The summed E-state index contributed by atoms with van der Waals surface area (Å²) in [6.07, 6.45) is 12.7. The number of aryl methyl sites for hydroxylation is 1. The Morgan fingerprint density at radius 1 is 1.19 bits per heavy atom. The summed E-state index contributed by atoms with van der Waals surface area (Å²) in [5.74, 6) is 1.20. The molecule has 7 nitrogen and oxygen atoms in total. The van der Waals surface area contributed by atoms with Gasteiger partial charge in [-0.3, -0.25) is 19.1 Å². The molecule has 7 heteroatoms. The van der Waals surface area contributed by atoms with Crippen molar-refractivity contribution in [1.82, 2.24) is 24.2 Å². The van der Waals surface area contributed by atoms with Crippen LogP contribution in [0.4, 0.5) is 5.82 Å². The van der Waals surface area contributed by atoms with Crippen LogP contribution >= 0.6 is 0 Å². The Kier molecular flexibility index (Phi) is 5.57. The lowest BCUT2D eigenvalue weighted by Crippen LogP contribution is -2.52. The average molecular weight is 371 g/mol. The van der Waals surface area contributed by atoms with Gasteiger partial charge in [0.15, 0.2) is 5.65 Å². The van der Waals surface area contributed by atoms with Crippen LogP contribution in [0.5, 0.6) is 0 Å². The minimum absolute atomic E-state index is 0.249. The summed E-state index contributed by atoms with van der Waals surface area (Å²) in [5.41, 5.74) is 1.75. The molecule has 4 rings (SSSR count). The number of carbonyl (C=O) groups is 1. The van der Waals surface area contributed by atoms with Gasteiger partial charge in [0.25, 0.3) is 0 Å². The van der Waals surface area contributed by atoms with Crippen molar-refractivity contribution in [2.75, 3.05) is 38.0 Å². The van der Waals surface area contributed by atoms with E-state index in [1.165, 1.54) is 32.1 Å². The van der Waals surface area contributed by atoms with Crippen LogP contribution in [-0.2, 0) is 4.79 Å². The van der Waals surface area contributed by atoms with Gasteiger partial charge in [0.05, 0.1) is 11.9 Å². The topological polar surface area (TPSA) is 65.8 Å². The molecule has 1 saturated carbocycles. The number of aromatic nitrogens is 3. The summed E-state index contributed by atoms with van der Waals surface area (Å²) in [6.45, 7) is 6.40. The number of nitrogens with one attached hydrogen (secondary N) is 1. The molecule has 27 heavy (non-hydrogen) atoms. The van der Waals surface area contributed by atoms with Crippen molar-refractivity contribution in [2.45, 2.75) is 51.5 Å². The van der Waals surface area contributed by atoms with E-state index in [1.54, 1.807) is 12.4 Å². The number of carbonyl (C=O) groups excluding carboxylic acids is 1. The van der Waals surface area contributed by atoms with Crippen LogP contribution in [0.2, 0.25) is 0 Å². The van der Waals surface area contributed by atoms with Crippen LogP contribution in [0, 0.1) is 6.92 Å². The highest BCUT2D eigenvalue weighted by molar-refractivity contribution is 5.77. The molecular weight excluding hydrogens is 340 g/mol. The van der Waals surface area contributed by atoms with Crippen molar-refractivity contribution in [3.05, 3.63) is 24.3 Å². The molecule has 0 aromatic carbocycles. The van der Waals surface area contributed by atoms with E-state index in [-0.39, 0.29) is 5.91 Å². The summed E-state index contributed by atoms with van der Waals surface area (Å²) in [5, 5.41) is 3.38. The second kappa shape index (κ2) is 8.25. The number of anilines is 1. The summed E-state index contributed by atoms with van der Waals surface area (Å²) >= 11 is 0. The number of rotatable bonds is 5. The van der Waals surface area contributed by atoms with Gasteiger partial charge in [-0.1, -0.05) is 19.3 Å². The molecule has 1 aliphatic heterocycles. The first kappa shape index (κ1) is 18.2. The highest BCUT2D eigenvalue weighted by Gasteiger charge is 2.26. The number of hydrogen-bond donors (Lipinski definition) is 1. The van der Waals surface area contributed by atoms with Gasteiger partial charge in [0.1, 0.15) is 5.82 Å². The van der Waals surface area contributed by atoms with E-state index >= 15 is 0 Å². The van der Waals surface area contributed by atoms with E-state index in [9.17, 15) is 4.79 Å². The molecule has 3 heterocycles. The minimum Gasteiger partial charge on any atom is -0.369 e. The zero-order valence-corrected chi connectivity index (χ0v) is 16.2. The summed E-state index contributed by atoms with van der Waals surface area (Å²) in [7, 11) is 0. The second-order valence-corrected chi connectivity index (χ2v) is 7.74. The van der Waals surface area contributed by atoms with Crippen molar-refractivity contribution in [1.29, 1.82) is 0 Å². The van der Waals surface area contributed by atoms with Gasteiger partial charge >= 0.3 is 0 Å². The predicted molar refractivity (Wildman–Crippen MR) is 106 cm³/mol. The number of hydrogen-bond acceptors (Lipinski definition) is 5. The third-order valence-corrected chi connectivity index (χ3v) is 5.99. The monoisotopic (exact) mass is 370 g/mol. The lowest BCUT2D eigenvalue weighted by Gasteiger charge is -2.40. The standard InChI is InChI=1S/C20H30N6O/c1-16-20(26-10-9-21-15-18(26)23-16)22-8-7-19(27)25-13-11-24(12-14-25)17-5-3-2-4-6-17/h9-10,15,17,22H,2-8,11-14H2,1H3. The molecule has 1 saturated heterocycles.